The average Bonchev–Trinajstić information content (AvgIpc) is 3.53. The van der Waals surface area contributed by atoms with E-state index in [0.717, 1.165) is 35.7 Å². The molecular formula is C31H30F4N8. The zero-order chi connectivity index (χ0) is 30.5. The van der Waals surface area contributed by atoms with E-state index < -0.39 is 17.6 Å². The Morgan fingerprint density at radius 3 is 2.42 bits per heavy atom. The molecule has 12 heteroatoms. The quantitative estimate of drug-likeness (QED) is 0.212. The number of benzene rings is 1. The summed E-state index contributed by atoms with van der Waals surface area (Å²) in [4.78, 5) is 9.20. The van der Waals surface area contributed by atoms with E-state index in [-0.39, 0.29) is 22.7 Å². The molecule has 1 saturated carbocycles. The van der Waals surface area contributed by atoms with Crippen molar-refractivity contribution < 1.29 is 17.6 Å². The Bertz CT molecular complexity index is 1790. The molecule has 6 rings (SSSR count). The molecule has 222 valence electrons. The number of hydrogen-bond acceptors (Lipinski definition) is 6. The number of pyridine rings is 2. The smallest absolute Gasteiger partial charge is 0.317 e. The molecule has 1 aromatic carbocycles. The zero-order valence-corrected chi connectivity index (χ0v) is 24.1. The summed E-state index contributed by atoms with van der Waals surface area (Å²) in [5.41, 5.74) is 2.28. The predicted octanol–water partition coefficient (Wildman–Crippen LogP) is 6.72. The number of aryl methyl sites for hydroxylation is 1. The van der Waals surface area contributed by atoms with Crippen LogP contribution in [0.3, 0.4) is 0 Å². The Morgan fingerprint density at radius 2 is 1.74 bits per heavy atom. The first kappa shape index (κ1) is 28.7. The van der Waals surface area contributed by atoms with E-state index in [1.807, 2.05) is 26.8 Å². The number of alkyl halides is 3. The average molecular weight is 591 g/mol. The van der Waals surface area contributed by atoms with E-state index in [2.05, 4.69) is 25.6 Å². The highest BCUT2D eigenvalue weighted by Gasteiger charge is 2.35. The van der Waals surface area contributed by atoms with Gasteiger partial charge in [-0.1, -0.05) is 6.07 Å². The highest BCUT2D eigenvalue weighted by atomic mass is 19.4. The van der Waals surface area contributed by atoms with Crippen LogP contribution in [0.1, 0.15) is 56.5 Å². The minimum absolute atomic E-state index is 0.200. The standard InChI is InChI=1S/C31H30F4N8/c1-30(2,3)36-15-22-8-10-25(31(33,34)35)28(39-22)20-14-38-43(16-20)27-12-19(11-26(40-27)18-5-6-18)23-9-7-21(32)13-24(23)29-41-37-17-42(29)4/h7-14,16-18,36H,5-6,15H2,1-4H3. The summed E-state index contributed by atoms with van der Waals surface area (Å²) in [7, 11) is 1.78. The van der Waals surface area contributed by atoms with Gasteiger partial charge in [-0.05, 0) is 81.1 Å². The topological polar surface area (TPSA) is 86.3 Å². The van der Waals surface area contributed by atoms with Crippen LogP contribution in [0.25, 0.3) is 39.6 Å². The van der Waals surface area contributed by atoms with Crippen molar-refractivity contribution in [1.82, 2.24) is 39.8 Å². The number of rotatable bonds is 7. The molecule has 4 heterocycles. The lowest BCUT2D eigenvalue weighted by Crippen LogP contribution is -2.35. The second-order valence-electron chi connectivity index (χ2n) is 11.8. The van der Waals surface area contributed by atoms with E-state index in [0.29, 0.717) is 29.4 Å². The van der Waals surface area contributed by atoms with Crippen LogP contribution in [0.5, 0.6) is 0 Å². The van der Waals surface area contributed by atoms with Gasteiger partial charge in [0.05, 0.1) is 23.1 Å². The molecule has 1 aliphatic carbocycles. The Hall–Kier alpha value is -4.45. The lowest BCUT2D eigenvalue weighted by Gasteiger charge is -2.21. The number of hydrogen-bond donors (Lipinski definition) is 1. The maximum absolute atomic E-state index is 14.4. The zero-order valence-electron chi connectivity index (χ0n) is 24.1. The summed E-state index contributed by atoms with van der Waals surface area (Å²) in [6.45, 7) is 6.23. The van der Waals surface area contributed by atoms with Gasteiger partial charge in [-0.3, -0.25) is 4.98 Å². The molecule has 0 bridgehead atoms. The summed E-state index contributed by atoms with van der Waals surface area (Å²) in [6.07, 6.45) is 1.78. The van der Waals surface area contributed by atoms with Crippen molar-refractivity contribution in [3.05, 3.63) is 84.0 Å². The van der Waals surface area contributed by atoms with Crippen molar-refractivity contribution in [2.45, 2.75) is 57.8 Å². The number of nitrogens with zero attached hydrogens (tertiary/aromatic N) is 7. The molecule has 0 unspecified atom stereocenters. The Morgan fingerprint density at radius 1 is 0.953 bits per heavy atom. The van der Waals surface area contributed by atoms with Crippen molar-refractivity contribution in [3.63, 3.8) is 0 Å². The van der Waals surface area contributed by atoms with Gasteiger partial charge in [-0.15, -0.1) is 10.2 Å². The van der Waals surface area contributed by atoms with Crippen molar-refractivity contribution in [1.29, 1.82) is 0 Å². The fourth-order valence-corrected chi connectivity index (χ4v) is 4.85. The Balaban J connectivity index is 1.43. The second-order valence-corrected chi connectivity index (χ2v) is 11.8. The minimum Gasteiger partial charge on any atom is -0.317 e. The van der Waals surface area contributed by atoms with E-state index in [1.54, 1.807) is 30.1 Å². The van der Waals surface area contributed by atoms with Crippen LogP contribution in [0.2, 0.25) is 0 Å². The highest BCUT2D eigenvalue weighted by molar-refractivity contribution is 5.81. The van der Waals surface area contributed by atoms with Gasteiger partial charge in [0.2, 0.25) is 0 Å². The minimum atomic E-state index is -4.60. The summed E-state index contributed by atoms with van der Waals surface area (Å²) >= 11 is 0. The first-order chi connectivity index (χ1) is 20.4. The van der Waals surface area contributed by atoms with Crippen LogP contribution in [0.15, 0.2) is 61.2 Å². The van der Waals surface area contributed by atoms with Crippen LogP contribution >= 0.6 is 0 Å². The van der Waals surface area contributed by atoms with E-state index in [9.17, 15) is 17.6 Å². The normalized spacial score (nSPS) is 14.0. The van der Waals surface area contributed by atoms with E-state index >= 15 is 0 Å². The molecule has 8 nitrogen and oxygen atoms in total. The molecule has 0 atom stereocenters. The Kier molecular flexibility index (Phi) is 7.11. The monoisotopic (exact) mass is 590 g/mol. The number of halogens is 4. The van der Waals surface area contributed by atoms with Crippen LogP contribution in [-0.2, 0) is 19.8 Å². The molecule has 0 aliphatic heterocycles. The summed E-state index contributed by atoms with van der Waals surface area (Å²) < 4.78 is 59.7. The fraction of sp³-hybridized carbons (Fsp3) is 0.323. The van der Waals surface area contributed by atoms with Crippen LogP contribution in [0.4, 0.5) is 17.6 Å². The summed E-state index contributed by atoms with van der Waals surface area (Å²) in [5.74, 6) is 0.771. The third-order valence-electron chi connectivity index (χ3n) is 7.22. The van der Waals surface area contributed by atoms with Crippen molar-refractivity contribution in [2.75, 3.05) is 0 Å². The molecule has 5 aromatic rings. The summed E-state index contributed by atoms with van der Waals surface area (Å²) in [5, 5.41) is 15.8. The van der Waals surface area contributed by atoms with Gasteiger partial charge in [-0.2, -0.15) is 18.3 Å². The van der Waals surface area contributed by atoms with E-state index in [1.165, 1.54) is 35.3 Å². The van der Waals surface area contributed by atoms with Crippen molar-refractivity contribution >= 4 is 0 Å². The van der Waals surface area contributed by atoms with Crippen molar-refractivity contribution in [2.24, 2.45) is 7.05 Å². The van der Waals surface area contributed by atoms with Gasteiger partial charge in [0.25, 0.3) is 0 Å². The van der Waals surface area contributed by atoms with Gasteiger partial charge in [0, 0.05) is 48.1 Å². The van der Waals surface area contributed by atoms with Gasteiger partial charge < -0.3 is 9.88 Å². The fourth-order valence-electron chi connectivity index (χ4n) is 4.85. The van der Waals surface area contributed by atoms with Gasteiger partial charge in [0.15, 0.2) is 11.6 Å². The van der Waals surface area contributed by atoms with Crippen LogP contribution in [-0.4, -0.2) is 40.1 Å². The molecule has 0 amide bonds. The SMILES string of the molecule is Cn1cnnc1-c1cc(F)ccc1-c1cc(C2CC2)nc(-n2cc(-c3nc(CNC(C)(C)C)ccc3C(F)(F)F)cn2)c1. The van der Waals surface area contributed by atoms with Crippen LogP contribution < -0.4 is 5.32 Å². The molecular weight excluding hydrogens is 560 g/mol. The third-order valence-corrected chi connectivity index (χ3v) is 7.22. The first-order valence-corrected chi connectivity index (χ1v) is 13.9. The van der Waals surface area contributed by atoms with Gasteiger partial charge in [-0.25, -0.2) is 14.1 Å². The second kappa shape index (κ2) is 10.7. The third kappa shape index (κ3) is 6.19. The number of aromatic nitrogens is 7. The molecule has 0 radical (unpaired) electrons. The molecule has 0 spiro atoms. The molecule has 1 aliphatic rings. The molecule has 4 aromatic heterocycles. The summed E-state index contributed by atoms with van der Waals surface area (Å²) in [6, 6.07) is 10.7. The lowest BCUT2D eigenvalue weighted by atomic mass is 9.98. The first-order valence-electron chi connectivity index (χ1n) is 13.9. The van der Waals surface area contributed by atoms with Gasteiger partial charge in [0.1, 0.15) is 12.1 Å². The predicted molar refractivity (Wildman–Crippen MR) is 154 cm³/mol. The molecule has 43 heavy (non-hydrogen) atoms. The lowest BCUT2D eigenvalue weighted by molar-refractivity contribution is -0.137. The van der Waals surface area contributed by atoms with E-state index in [4.69, 9.17) is 4.98 Å². The maximum atomic E-state index is 14.4. The molecule has 0 saturated heterocycles. The van der Waals surface area contributed by atoms with Crippen LogP contribution in [0, 0.1) is 5.82 Å². The van der Waals surface area contributed by atoms with Gasteiger partial charge >= 0.3 is 6.18 Å². The van der Waals surface area contributed by atoms with Crippen molar-refractivity contribution in [3.8, 4) is 39.6 Å². The Labute approximate surface area is 245 Å². The molecule has 1 fully saturated rings. The highest BCUT2D eigenvalue weighted by Crippen LogP contribution is 2.42. The maximum Gasteiger partial charge on any atom is 0.418 e. The largest absolute Gasteiger partial charge is 0.418 e. The number of nitrogens with one attached hydrogen (secondary N) is 1. The molecule has 1 N–H and O–H groups in total.